The summed E-state index contributed by atoms with van der Waals surface area (Å²) in [5.41, 5.74) is 1.88. The van der Waals surface area contributed by atoms with E-state index >= 15 is 0 Å². The van der Waals surface area contributed by atoms with Crippen LogP contribution in [0.5, 0.6) is 0 Å². The van der Waals surface area contributed by atoms with Crippen LogP contribution in [-0.2, 0) is 4.79 Å². The average Bonchev–Trinajstić information content (AvgIpc) is 2.96. The molecule has 0 heterocycles. The lowest BCUT2D eigenvalue weighted by Gasteiger charge is -2.51. The Labute approximate surface area is 154 Å². The highest BCUT2D eigenvalue weighted by molar-refractivity contribution is 5.90. The standard InChI is InChI=1S/C23H38O2/c1-4-5-6-19(25)14-17-7-8-20-18(13-17)11-12-23(3)21(16(2)15-24)9-10-22(20)23/h14,16,18,20-22,24H,4-13,15H2,1-3H3/b17-14-/t16-,18?,20?,21?,22?,23-/m1/s1. The number of ketones is 1. The maximum absolute atomic E-state index is 12.1. The molecule has 25 heavy (non-hydrogen) atoms. The van der Waals surface area contributed by atoms with Gasteiger partial charge >= 0.3 is 0 Å². The first-order chi connectivity index (χ1) is 12.0. The van der Waals surface area contributed by atoms with E-state index < -0.39 is 0 Å². The van der Waals surface area contributed by atoms with Crippen LogP contribution < -0.4 is 0 Å². The molecule has 0 spiro atoms. The van der Waals surface area contributed by atoms with Gasteiger partial charge in [0.1, 0.15) is 0 Å². The molecule has 0 aromatic carbocycles. The van der Waals surface area contributed by atoms with Gasteiger partial charge < -0.3 is 5.11 Å². The van der Waals surface area contributed by atoms with Gasteiger partial charge in [-0.05, 0) is 92.4 Å². The first-order valence-electron chi connectivity index (χ1n) is 10.8. The maximum Gasteiger partial charge on any atom is 0.155 e. The highest BCUT2D eigenvalue weighted by Crippen LogP contribution is 2.63. The summed E-state index contributed by atoms with van der Waals surface area (Å²) in [7, 11) is 0. The Balaban J connectivity index is 1.65. The highest BCUT2D eigenvalue weighted by Gasteiger charge is 2.55. The molecule has 0 aromatic heterocycles. The minimum Gasteiger partial charge on any atom is -0.396 e. The largest absolute Gasteiger partial charge is 0.396 e. The first-order valence-corrected chi connectivity index (χ1v) is 10.8. The molecule has 0 aliphatic heterocycles. The molecule has 3 saturated carbocycles. The van der Waals surface area contributed by atoms with Crippen molar-refractivity contribution in [1.29, 1.82) is 0 Å². The second kappa shape index (κ2) is 7.94. The van der Waals surface area contributed by atoms with E-state index in [4.69, 9.17) is 0 Å². The van der Waals surface area contributed by atoms with Gasteiger partial charge in [-0.3, -0.25) is 4.79 Å². The van der Waals surface area contributed by atoms with E-state index in [0.717, 1.165) is 43.4 Å². The number of rotatable bonds is 6. The SMILES string of the molecule is CCCCC(=O)/C=C1/CCC2C(CC[C@@]3(C)C2CCC3[C@H](C)CO)C1. The zero-order valence-corrected chi connectivity index (χ0v) is 16.6. The van der Waals surface area contributed by atoms with Gasteiger partial charge in [0.25, 0.3) is 0 Å². The van der Waals surface area contributed by atoms with Crippen LogP contribution in [0.1, 0.15) is 85.0 Å². The lowest BCUT2D eigenvalue weighted by atomic mass is 9.53. The molecular formula is C23H38O2. The minimum atomic E-state index is 0.341. The number of allylic oxidation sites excluding steroid dienone is 2. The average molecular weight is 347 g/mol. The van der Waals surface area contributed by atoms with Crippen molar-refractivity contribution in [3.8, 4) is 0 Å². The van der Waals surface area contributed by atoms with E-state index in [1.165, 1.54) is 44.1 Å². The molecule has 0 aromatic rings. The smallest absolute Gasteiger partial charge is 0.155 e. The van der Waals surface area contributed by atoms with Crippen LogP contribution in [0.3, 0.4) is 0 Å². The van der Waals surface area contributed by atoms with Crippen molar-refractivity contribution in [2.45, 2.75) is 85.0 Å². The second-order valence-corrected chi connectivity index (χ2v) is 9.53. The van der Waals surface area contributed by atoms with Gasteiger partial charge in [-0.25, -0.2) is 0 Å². The molecule has 3 fully saturated rings. The van der Waals surface area contributed by atoms with Crippen molar-refractivity contribution in [2.75, 3.05) is 6.61 Å². The lowest BCUT2D eigenvalue weighted by Crippen LogP contribution is -2.44. The lowest BCUT2D eigenvalue weighted by molar-refractivity contribution is -0.114. The summed E-state index contributed by atoms with van der Waals surface area (Å²) in [6.45, 7) is 7.26. The fourth-order valence-electron chi connectivity index (χ4n) is 6.73. The summed E-state index contributed by atoms with van der Waals surface area (Å²) in [5.74, 6) is 4.02. The van der Waals surface area contributed by atoms with Crippen molar-refractivity contribution in [2.24, 2.45) is 35.0 Å². The summed E-state index contributed by atoms with van der Waals surface area (Å²) >= 11 is 0. The van der Waals surface area contributed by atoms with Crippen LogP contribution >= 0.6 is 0 Å². The molecule has 1 N–H and O–H groups in total. The number of aliphatic hydroxyl groups excluding tert-OH is 1. The Morgan fingerprint density at radius 1 is 1.32 bits per heavy atom. The van der Waals surface area contributed by atoms with Crippen LogP contribution in [0.4, 0.5) is 0 Å². The van der Waals surface area contributed by atoms with Crippen LogP contribution in [0.15, 0.2) is 11.6 Å². The van der Waals surface area contributed by atoms with E-state index in [1.807, 2.05) is 6.08 Å². The Morgan fingerprint density at radius 3 is 2.84 bits per heavy atom. The van der Waals surface area contributed by atoms with E-state index in [9.17, 15) is 9.90 Å². The predicted octanol–water partition coefficient (Wildman–Crippen LogP) is 5.54. The molecule has 4 unspecified atom stereocenters. The number of aliphatic hydroxyl groups is 1. The fraction of sp³-hybridized carbons (Fsp3) is 0.870. The molecule has 0 amide bonds. The summed E-state index contributed by atoms with van der Waals surface area (Å²) < 4.78 is 0. The van der Waals surface area contributed by atoms with Crippen molar-refractivity contribution in [3.05, 3.63) is 11.6 Å². The normalized spacial score (nSPS) is 40.6. The Morgan fingerprint density at radius 2 is 2.12 bits per heavy atom. The molecule has 0 saturated heterocycles. The highest BCUT2D eigenvalue weighted by atomic mass is 16.3. The van der Waals surface area contributed by atoms with Crippen molar-refractivity contribution in [3.63, 3.8) is 0 Å². The van der Waals surface area contributed by atoms with Gasteiger partial charge in [-0.2, -0.15) is 0 Å². The summed E-state index contributed by atoms with van der Waals surface area (Å²) in [6, 6.07) is 0. The summed E-state index contributed by atoms with van der Waals surface area (Å²) in [5, 5.41) is 9.67. The molecule has 3 aliphatic rings. The van der Waals surface area contributed by atoms with E-state index in [-0.39, 0.29) is 0 Å². The van der Waals surface area contributed by atoms with E-state index in [0.29, 0.717) is 29.6 Å². The zero-order chi connectivity index (χ0) is 18.0. The van der Waals surface area contributed by atoms with Crippen LogP contribution in [0.25, 0.3) is 0 Å². The van der Waals surface area contributed by atoms with Gasteiger partial charge in [0.15, 0.2) is 5.78 Å². The minimum absolute atomic E-state index is 0.341. The summed E-state index contributed by atoms with van der Waals surface area (Å²) in [6.07, 6.45) is 13.8. The predicted molar refractivity (Wildman–Crippen MR) is 103 cm³/mol. The van der Waals surface area contributed by atoms with Gasteiger partial charge in [-0.15, -0.1) is 0 Å². The molecule has 0 bridgehead atoms. The van der Waals surface area contributed by atoms with Crippen molar-refractivity contribution >= 4 is 5.78 Å². The van der Waals surface area contributed by atoms with Crippen LogP contribution in [0, 0.1) is 35.0 Å². The third-order valence-electron chi connectivity index (χ3n) is 8.10. The number of unbranched alkanes of at least 4 members (excludes halogenated alkanes) is 1. The monoisotopic (exact) mass is 346 g/mol. The molecule has 142 valence electrons. The fourth-order valence-corrected chi connectivity index (χ4v) is 6.73. The topological polar surface area (TPSA) is 37.3 Å². The third kappa shape index (κ3) is 3.75. The van der Waals surface area contributed by atoms with Crippen molar-refractivity contribution < 1.29 is 9.90 Å². The van der Waals surface area contributed by atoms with Crippen molar-refractivity contribution in [1.82, 2.24) is 0 Å². The number of hydrogen-bond donors (Lipinski definition) is 1. The summed E-state index contributed by atoms with van der Waals surface area (Å²) in [4.78, 5) is 12.1. The molecule has 3 aliphatic carbocycles. The van der Waals surface area contributed by atoms with Gasteiger partial charge in [0.2, 0.25) is 0 Å². The number of fused-ring (bicyclic) bond motifs is 3. The van der Waals surface area contributed by atoms with Gasteiger partial charge in [0, 0.05) is 13.0 Å². The quantitative estimate of drug-likeness (QED) is 0.641. The third-order valence-corrected chi connectivity index (χ3v) is 8.10. The van der Waals surface area contributed by atoms with Crippen LogP contribution in [0.2, 0.25) is 0 Å². The first kappa shape index (κ1) is 19.1. The van der Waals surface area contributed by atoms with Gasteiger partial charge in [-0.1, -0.05) is 32.8 Å². The number of carbonyl (C=O) groups excluding carboxylic acids is 1. The maximum atomic E-state index is 12.1. The van der Waals surface area contributed by atoms with E-state index in [1.54, 1.807) is 0 Å². The molecule has 3 rings (SSSR count). The zero-order valence-electron chi connectivity index (χ0n) is 16.6. The Bertz CT molecular complexity index is 508. The molecule has 2 nitrogen and oxygen atoms in total. The second-order valence-electron chi connectivity index (χ2n) is 9.53. The van der Waals surface area contributed by atoms with Gasteiger partial charge in [0.05, 0.1) is 0 Å². The molecule has 2 heteroatoms. The molecule has 6 atom stereocenters. The van der Waals surface area contributed by atoms with Crippen LogP contribution in [-0.4, -0.2) is 17.5 Å². The Hall–Kier alpha value is -0.630. The molecular weight excluding hydrogens is 308 g/mol. The molecule has 0 radical (unpaired) electrons. The number of carbonyl (C=O) groups is 1. The Kier molecular flexibility index (Phi) is 6.08. The number of hydrogen-bond acceptors (Lipinski definition) is 2. The van der Waals surface area contributed by atoms with E-state index in [2.05, 4.69) is 20.8 Å².